The summed E-state index contributed by atoms with van der Waals surface area (Å²) in [6.45, 7) is -0.434. The number of alkyl halides is 2. The van der Waals surface area contributed by atoms with Crippen molar-refractivity contribution in [3.8, 4) is 5.75 Å². The van der Waals surface area contributed by atoms with Gasteiger partial charge in [-0.05, 0) is 31.5 Å². The van der Waals surface area contributed by atoms with E-state index in [2.05, 4.69) is 5.10 Å². The van der Waals surface area contributed by atoms with Crippen molar-refractivity contribution in [1.82, 2.24) is 14.7 Å². The van der Waals surface area contributed by atoms with Crippen LogP contribution in [0, 0.1) is 6.92 Å². The van der Waals surface area contributed by atoms with E-state index in [1.54, 1.807) is 11.0 Å². The highest BCUT2D eigenvalue weighted by Gasteiger charge is 2.38. The van der Waals surface area contributed by atoms with E-state index in [0.29, 0.717) is 23.5 Å². The molecule has 1 saturated heterocycles. The summed E-state index contributed by atoms with van der Waals surface area (Å²) in [7, 11) is -4.26. The number of likely N-dealkylation sites (tertiary alicyclic amines) is 1. The highest BCUT2D eigenvalue weighted by Crippen LogP contribution is 2.39. The van der Waals surface area contributed by atoms with Crippen molar-refractivity contribution in [2.75, 3.05) is 29.7 Å². The van der Waals surface area contributed by atoms with Gasteiger partial charge in [-0.25, -0.2) is 13.1 Å². The lowest BCUT2D eigenvalue weighted by molar-refractivity contribution is -0.136. The minimum absolute atomic E-state index is 0.00507. The molecule has 0 saturated carbocycles. The largest absolute Gasteiger partial charge is 0.486 e. The number of hydrogen-bond donors (Lipinski definition) is 1. The van der Waals surface area contributed by atoms with Crippen LogP contribution in [0.2, 0.25) is 0 Å². The van der Waals surface area contributed by atoms with E-state index in [0.717, 1.165) is 16.9 Å². The third-order valence-corrected chi connectivity index (χ3v) is 7.05. The van der Waals surface area contributed by atoms with Crippen LogP contribution in [0.4, 0.5) is 20.2 Å². The van der Waals surface area contributed by atoms with Gasteiger partial charge in [-0.2, -0.15) is 13.9 Å². The fraction of sp³-hybridized carbons (Fsp3) is 0.444. The monoisotopic (exact) mass is 441 g/mol. The number of nitrogen functional groups attached to an aromatic ring is 1. The number of rotatable bonds is 5. The van der Waals surface area contributed by atoms with Crippen LogP contribution < -0.4 is 14.8 Å². The number of sulfonamides is 1. The van der Waals surface area contributed by atoms with Gasteiger partial charge in [0, 0.05) is 18.8 Å². The van der Waals surface area contributed by atoms with E-state index in [-0.39, 0.29) is 40.9 Å². The molecule has 1 unspecified atom stereocenters. The number of aromatic nitrogens is 2. The number of hydrogen-bond acceptors (Lipinski definition) is 6. The van der Waals surface area contributed by atoms with Gasteiger partial charge in [0.2, 0.25) is 5.91 Å². The number of benzene rings is 1. The van der Waals surface area contributed by atoms with Crippen molar-refractivity contribution < 1.29 is 26.7 Å². The second kappa shape index (κ2) is 7.42. The number of amides is 1. The molecule has 1 atom stereocenters. The first-order valence-corrected chi connectivity index (χ1v) is 10.8. The number of carbonyl (C=O) groups excluding carboxylic acids is 1. The Hall–Kier alpha value is -2.89. The van der Waals surface area contributed by atoms with E-state index in [1.165, 1.54) is 19.1 Å². The van der Waals surface area contributed by atoms with Gasteiger partial charge in [0.15, 0.2) is 0 Å². The number of fused-ring (bicyclic) bond motifs is 1. The van der Waals surface area contributed by atoms with Crippen LogP contribution >= 0.6 is 0 Å². The first kappa shape index (κ1) is 20.4. The molecule has 12 heteroatoms. The Bertz CT molecular complexity index is 1080. The van der Waals surface area contributed by atoms with Gasteiger partial charge in [-0.1, -0.05) is 0 Å². The molecular formula is C18H21F2N5O4S. The van der Waals surface area contributed by atoms with Gasteiger partial charge in [0.1, 0.15) is 16.7 Å². The molecule has 0 spiro atoms. The second-order valence-corrected chi connectivity index (χ2v) is 9.11. The highest BCUT2D eigenvalue weighted by molar-refractivity contribution is 7.92. The summed E-state index contributed by atoms with van der Waals surface area (Å²) in [5.74, 6) is 0.128. The summed E-state index contributed by atoms with van der Waals surface area (Å²) in [5, 5.41) is 3.60. The summed E-state index contributed by atoms with van der Waals surface area (Å²) in [6.07, 6.45) is 1.02. The zero-order valence-electron chi connectivity index (χ0n) is 16.2. The van der Waals surface area contributed by atoms with E-state index in [1.807, 2.05) is 0 Å². The van der Waals surface area contributed by atoms with Gasteiger partial charge >= 0.3 is 6.55 Å². The molecule has 3 heterocycles. The molecule has 2 aromatic rings. The molecule has 1 aromatic carbocycles. The SMILES string of the molecule is Cc1nn(C(F)F)cc1S(=O)(=O)N1CC(CC(=O)N2CCC2)Oc2ccc(N)cc21. The van der Waals surface area contributed by atoms with Crippen LogP contribution in [0.15, 0.2) is 29.3 Å². The maximum Gasteiger partial charge on any atom is 0.333 e. The Morgan fingerprint density at radius 1 is 1.37 bits per heavy atom. The molecule has 162 valence electrons. The Balaban J connectivity index is 1.71. The lowest BCUT2D eigenvalue weighted by atomic mass is 10.1. The van der Waals surface area contributed by atoms with E-state index >= 15 is 0 Å². The van der Waals surface area contributed by atoms with E-state index < -0.39 is 22.7 Å². The van der Waals surface area contributed by atoms with Crippen molar-refractivity contribution in [3.63, 3.8) is 0 Å². The third-order valence-electron chi connectivity index (χ3n) is 5.17. The van der Waals surface area contributed by atoms with Gasteiger partial charge in [0.25, 0.3) is 10.0 Å². The number of halogens is 2. The van der Waals surface area contributed by atoms with Crippen molar-refractivity contribution in [1.29, 1.82) is 0 Å². The molecule has 0 aliphatic carbocycles. The molecule has 1 fully saturated rings. The number of nitrogens with two attached hydrogens (primary N) is 1. The number of aryl methyl sites for hydroxylation is 1. The zero-order valence-corrected chi connectivity index (χ0v) is 17.0. The fourth-order valence-corrected chi connectivity index (χ4v) is 5.15. The lowest BCUT2D eigenvalue weighted by Crippen LogP contribution is -2.48. The van der Waals surface area contributed by atoms with Crippen LogP contribution in [-0.4, -0.2) is 54.7 Å². The molecule has 1 amide bonds. The number of carbonyl (C=O) groups is 1. The molecule has 2 aliphatic rings. The predicted octanol–water partition coefficient (Wildman–Crippen LogP) is 1.75. The fourth-order valence-electron chi connectivity index (χ4n) is 3.49. The Morgan fingerprint density at radius 2 is 2.10 bits per heavy atom. The van der Waals surface area contributed by atoms with Crippen LogP contribution in [-0.2, 0) is 14.8 Å². The molecule has 9 nitrogen and oxygen atoms in total. The number of anilines is 2. The highest BCUT2D eigenvalue weighted by atomic mass is 32.2. The minimum atomic E-state index is -4.26. The molecular weight excluding hydrogens is 420 g/mol. The molecule has 1 aromatic heterocycles. The summed E-state index contributed by atoms with van der Waals surface area (Å²) in [4.78, 5) is 13.7. The molecule has 30 heavy (non-hydrogen) atoms. The second-order valence-electron chi connectivity index (χ2n) is 7.28. The van der Waals surface area contributed by atoms with Crippen LogP contribution in [0.3, 0.4) is 0 Å². The van der Waals surface area contributed by atoms with Crippen LogP contribution in [0.5, 0.6) is 5.75 Å². The first-order valence-electron chi connectivity index (χ1n) is 9.37. The lowest BCUT2D eigenvalue weighted by Gasteiger charge is -2.37. The Morgan fingerprint density at radius 3 is 2.70 bits per heavy atom. The summed E-state index contributed by atoms with van der Waals surface area (Å²) in [5.41, 5.74) is 6.27. The average Bonchev–Trinajstić information content (AvgIpc) is 3.02. The van der Waals surface area contributed by atoms with Crippen molar-refractivity contribution in [2.24, 2.45) is 0 Å². The number of nitrogens with zero attached hydrogens (tertiary/aromatic N) is 4. The maximum absolute atomic E-state index is 13.4. The smallest absolute Gasteiger partial charge is 0.333 e. The van der Waals surface area contributed by atoms with Crippen molar-refractivity contribution in [3.05, 3.63) is 30.1 Å². The minimum Gasteiger partial charge on any atom is -0.486 e. The summed E-state index contributed by atoms with van der Waals surface area (Å²) >= 11 is 0. The average molecular weight is 441 g/mol. The quantitative estimate of drug-likeness (QED) is 0.708. The summed E-state index contributed by atoms with van der Waals surface area (Å²) in [6, 6.07) is 4.53. The third kappa shape index (κ3) is 3.55. The molecule has 2 N–H and O–H groups in total. The first-order chi connectivity index (χ1) is 14.2. The van der Waals surface area contributed by atoms with Crippen LogP contribution in [0.25, 0.3) is 0 Å². The summed E-state index contributed by atoms with van der Waals surface area (Å²) < 4.78 is 60.0. The predicted molar refractivity (Wildman–Crippen MR) is 104 cm³/mol. The van der Waals surface area contributed by atoms with Gasteiger partial charge in [0.05, 0.1) is 30.5 Å². The molecule has 4 rings (SSSR count). The van der Waals surface area contributed by atoms with Crippen LogP contribution in [0.1, 0.15) is 25.1 Å². The molecule has 0 bridgehead atoms. The van der Waals surface area contributed by atoms with Crippen molar-refractivity contribution in [2.45, 2.75) is 37.3 Å². The van der Waals surface area contributed by atoms with Gasteiger partial charge in [-0.15, -0.1) is 0 Å². The normalized spacial score (nSPS) is 18.7. The van der Waals surface area contributed by atoms with Gasteiger partial charge < -0.3 is 15.4 Å². The Labute approximate surface area is 172 Å². The van der Waals surface area contributed by atoms with Gasteiger partial charge in [-0.3, -0.25) is 9.10 Å². The Kier molecular flexibility index (Phi) is 5.04. The molecule has 0 radical (unpaired) electrons. The van der Waals surface area contributed by atoms with E-state index in [4.69, 9.17) is 10.5 Å². The van der Waals surface area contributed by atoms with Crippen molar-refractivity contribution >= 4 is 27.3 Å². The number of ether oxygens (including phenoxy) is 1. The maximum atomic E-state index is 13.4. The molecule has 2 aliphatic heterocycles. The zero-order chi connectivity index (χ0) is 21.6. The standard InChI is InChI=1S/C18H21F2N5O4S/c1-11-16(10-24(22-11)18(19)20)30(27,28)25-9-13(8-17(26)23-5-2-6-23)29-15-4-3-12(21)7-14(15)25/h3-4,7,10,13,18H,2,5-6,8-9,21H2,1H3. The topological polar surface area (TPSA) is 111 Å². The van der Waals surface area contributed by atoms with E-state index in [9.17, 15) is 22.0 Å².